The van der Waals surface area contributed by atoms with Crippen LogP contribution in [0.15, 0.2) is 24.4 Å². The third-order valence-corrected chi connectivity index (χ3v) is 2.75. The van der Waals surface area contributed by atoms with Crippen molar-refractivity contribution in [3.8, 4) is 0 Å². The lowest BCUT2D eigenvalue weighted by Crippen LogP contribution is -2.31. The van der Waals surface area contributed by atoms with Gasteiger partial charge in [0.25, 0.3) is 0 Å². The smallest absolute Gasteiger partial charge is 0.0582 e. The Labute approximate surface area is 126 Å². The quantitative estimate of drug-likeness (QED) is 0.584. The second kappa shape index (κ2) is 11.4. The van der Waals surface area contributed by atoms with E-state index in [9.17, 15) is 0 Å². The number of aromatic nitrogens is 1. The van der Waals surface area contributed by atoms with Gasteiger partial charge in [0.05, 0.1) is 13.2 Å². The zero-order valence-electron chi connectivity index (χ0n) is 10.7. The molecule has 0 bridgehead atoms. The number of halogens is 2. The summed E-state index contributed by atoms with van der Waals surface area (Å²) in [6, 6.07) is 5.10. The SMILES string of the molecule is Cl.Cl.NC(CO)CC(CC(N)CO)c1ccccn1. The Morgan fingerprint density at radius 3 is 1.89 bits per heavy atom. The molecule has 1 aromatic rings. The third-order valence-electron chi connectivity index (χ3n) is 2.75. The van der Waals surface area contributed by atoms with Crippen molar-refractivity contribution in [1.82, 2.24) is 4.98 Å². The highest BCUT2D eigenvalue weighted by Gasteiger charge is 2.19. The minimum atomic E-state index is -0.284. The standard InChI is InChI=1S/C12H21N3O2.2ClH/c13-10(7-16)5-9(6-11(14)8-17)12-3-1-2-4-15-12;;/h1-4,9-11,16-17H,5-8,13-14H2;2*1H. The van der Waals surface area contributed by atoms with E-state index in [1.54, 1.807) is 6.20 Å². The lowest BCUT2D eigenvalue weighted by atomic mass is 9.90. The lowest BCUT2D eigenvalue weighted by Gasteiger charge is -2.21. The maximum atomic E-state index is 9.00. The Morgan fingerprint density at radius 2 is 1.53 bits per heavy atom. The van der Waals surface area contributed by atoms with Crippen molar-refractivity contribution in [3.05, 3.63) is 30.1 Å². The molecule has 0 amide bonds. The van der Waals surface area contributed by atoms with Crippen LogP contribution in [0.2, 0.25) is 0 Å². The molecule has 0 saturated heterocycles. The van der Waals surface area contributed by atoms with Crippen LogP contribution in [-0.4, -0.2) is 40.5 Å². The second-order valence-electron chi connectivity index (χ2n) is 4.31. The molecule has 7 heteroatoms. The van der Waals surface area contributed by atoms with Crippen molar-refractivity contribution in [2.45, 2.75) is 30.8 Å². The maximum Gasteiger partial charge on any atom is 0.0582 e. The molecular weight excluding hydrogens is 289 g/mol. The van der Waals surface area contributed by atoms with Gasteiger partial charge in [-0.2, -0.15) is 0 Å². The number of nitrogens with two attached hydrogens (primary N) is 2. The average molecular weight is 312 g/mol. The lowest BCUT2D eigenvalue weighted by molar-refractivity contribution is 0.234. The molecule has 0 aliphatic carbocycles. The highest BCUT2D eigenvalue weighted by atomic mass is 35.5. The molecule has 1 aromatic heterocycles. The van der Waals surface area contributed by atoms with E-state index in [0.29, 0.717) is 12.8 Å². The minimum Gasteiger partial charge on any atom is -0.395 e. The maximum absolute atomic E-state index is 9.00. The Kier molecular flexibility index (Phi) is 12.5. The molecule has 1 heterocycles. The minimum absolute atomic E-state index is 0. The number of rotatable bonds is 7. The van der Waals surface area contributed by atoms with E-state index in [2.05, 4.69) is 4.98 Å². The number of aliphatic hydroxyl groups is 2. The van der Waals surface area contributed by atoms with Gasteiger partial charge in [0, 0.05) is 29.9 Å². The van der Waals surface area contributed by atoms with Crippen molar-refractivity contribution in [1.29, 1.82) is 0 Å². The Bertz CT molecular complexity index is 305. The summed E-state index contributed by atoms with van der Waals surface area (Å²) in [5, 5.41) is 18.0. The van der Waals surface area contributed by atoms with Gasteiger partial charge in [0.15, 0.2) is 0 Å². The van der Waals surface area contributed by atoms with Crippen LogP contribution in [-0.2, 0) is 0 Å². The largest absolute Gasteiger partial charge is 0.395 e. The van der Waals surface area contributed by atoms with E-state index in [4.69, 9.17) is 21.7 Å². The molecule has 0 aliphatic rings. The van der Waals surface area contributed by atoms with E-state index in [0.717, 1.165) is 5.69 Å². The van der Waals surface area contributed by atoms with Gasteiger partial charge in [-0.15, -0.1) is 24.8 Å². The van der Waals surface area contributed by atoms with Crippen LogP contribution in [0.4, 0.5) is 0 Å². The summed E-state index contributed by atoms with van der Waals surface area (Å²) in [4.78, 5) is 4.28. The molecule has 19 heavy (non-hydrogen) atoms. The van der Waals surface area contributed by atoms with Gasteiger partial charge in [-0.05, 0) is 25.0 Å². The highest BCUT2D eigenvalue weighted by Crippen LogP contribution is 2.23. The van der Waals surface area contributed by atoms with Crippen LogP contribution in [0, 0.1) is 0 Å². The van der Waals surface area contributed by atoms with E-state index in [1.165, 1.54) is 0 Å². The van der Waals surface area contributed by atoms with Gasteiger partial charge in [-0.1, -0.05) is 6.07 Å². The monoisotopic (exact) mass is 311 g/mol. The fourth-order valence-corrected chi connectivity index (χ4v) is 1.84. The Balaban J connectivity index is 0. The summed E-state index contributed by atoms with van der Waals surface area (Å²) in [5.41, 5.74) is 12.4. The number of hydrogen-bond acceptors (Lipinski definition) is 5. The summed E-state index contributed by atoms with van der Waals surface area (Å²) >= 11 is 0. The average Bonchev–Trinajstić information content (AvgIpc) is 2.38. The van der Waals surface area contributed by atoms with Gasteiger partial charge >= 0.3 is 0 Å². The highest BCUT2D eigenvalue weighted by molar-refractivity contribution is 5.85. The summed E-state index contributed by atoms with van der Waals surface area (Å²) < 4.78 is 0. The van der Waals surface area contributed by atoms with Gasteiger partial charge < -0.3 is 21.7 Å². The van der Waals surface area contributed by atoms with Crippen molar-refractivity contribution in [2.24, 2.45) is 11.5 Å². The molecule has 6 N–H and O–H groups in total. The molecular formula is C12H23Cl2N3O2. The number of aliphatic hydroxyl groups excluding tert-OH is 2. The fraction of sp³-hybridized carbons (Fsp3) is 0.583. The van der Waals surface area contributed by atoms with Gasteiger partial charge in [0.1, 0.15) is 0 Å². The number of pyridine rings is 1. The van der Waals surface area contributed by atoms with E-state index < -0.39 is 0 Å². The molecule has 0 aromatic carbocycles. The van der Waals surface area contributed by atoms with Crippen molar-refractivity contribution in [2.75, 3.05) is 13.2 Å². The molecule has 2 unspecified atom stereocenters. The molecule has 112 valence electrons. The topological polar surface area (TPSA) is 105 Å². The second-order valence-corrected chi connectivity index (χ2v) is 4.31. The normalized spacial score (nSPS) is 14.7. The summed E-state index contributed by atoms with van der Waals surface area (Å²) in [7, 11) is 0. The molecule has 0 radical (unpaired) electrons. The molecule has 0 fully saturated rings. The third kappa shape index (κ3) is 7.67. The number of nitrogens with zero attached hydrogens (tertiary/aromatic N) is 1. The predicted molar refractivity (Wildman–Crippen MR) is 80.8 cm³/mol. The van der Waals surface area contributed by atoms with Crippen LogP contribution in [0.1, 0.15) is 24.5 Å². The molecule has 0 saturated carbocycles. The Morgan fingerprint density at radius 1 is 1.00 bits per heavy atom. The van der Waals surface area contributed by atoms with E-state index in [-0.39, 0.29) is 56.0 Å². The molecule has 2 atom stereocenters. The van der Waals surface area contributed by atoms with Crippen molar-refractivity contribution >= 4 is 24.8 Å². The zero-order valence-corrected chi connectivity index (χ0v) is 12.3. The van der Waals surface area contributed by atoms with Crippen LogP contribution in [0.3, 0.4) is 0 Å². The molecule has 5 nitrogen and oxygen atoms in total. The Hall–Kier alpha value is -0.430. The number of hydrogen-bond donors (Lipinski definition) is 4. The first-order chi connectivity index (χ1) is 8.17. The summed E-state index contributed by atoms with van der Waals surface area (Å²) in [6.07, 6.45) is 2.94. The molecule has 1 rings (SSSR count). The van der Waals surface area contributed by atoms with E-state index >= 15 is 0 Å². The molecule has 0 spiro atoms. The first-order valence-corrected chi connectivity index (χ1v) is 5.81. The van der Waals surface area contributed by atoms with Crippen LogP contribution < -0.4 is 11.5 Å². The first-order valence-electron chi connectivity index (χ1n) is 5.81. The first kappa shape index (κ1) is 20.9. The summed E-state index contributed by atoms with van der Waals surface area (Å²) in [6.45, 7) is -0.116. The zero-order chi connectivity index (χ0) is 12.7. The van der Waals surface area contributed by atoms with Crippen LogP contribution >= 0.6 is 24.8 Å². The van der Waals surface area contributed by atoms with Crippen molar-refractivity contribution in [3.63, 3.8) is 0 Å². The fourth-order valence-electron chi connectivity index (χ4n) is 1.84. The van der Waals surface area contributed by atoms with Gasteiger partial charge in [-0.25, -0.2) is 0 Å². The predicted octanol–water partition coefficient (Wildman–Crippen LogP) is 0.428. The van der Waals surface area contributed by atoms with Gasteiger partial charge in [0.2, 0.25) is 0 Å². The van der Waals surface area contributed by atoms with Crippen LogP contribution in [0.5, 0.6) is 0 Å². The van der Waals surface area contributed by atoms with Crippen molar-refractivity contribution < 1.29 is 10.2 Å². The molecule has 0 aliphatic heterocycles. The van der Waals surface area contributed by atoms with Crippen LogP contribution in [0.25, 0.3) is 0 Å². The summed E-state index contributed by atoms with van der Waals surface area (Å²) in [5.74, 6) is 0.0699. The van der Waals surface area contributed by atoms with Gasteiger partial charge in [-0.3, -0.25) is 4.98 Å². The van der Waals surface area contributed by atoms with E-state index in [1.807, 2.05) is 18.2 Å².